The molecule has 0 unspecified atom stereocenters. The Balaban J connectivity index is 1.62. The molecule has 2 aliphatic heterocycles. The maximum absolute atomic E-state index is 14.0. The molecule has 2 aromatic rings. The molecule has 10 heteroatoms. The van der Waals surface area contributed by atoms with Crippen LogP contribution in [0.1, 0.15) is 49.4 Å². The summed E-state index contributed by atoms with van der Waals surface area (Å²) in [5, 5.41) is 5.54. The molecule has 2 heterocycles. The zero-order valence-electron chi connectivity index (χ0n) is 23.2. The molecule has 0 saturated carbocycles. The fourth-order valence-electron chi connectivity index (χ4n) is 5.42. The smallest absolute Gasteiger partial charge is 0.354 e. The Morgan fingerprint density at radius 3 is 2.46 bits per heavy atom. The predicted molar refractivity (Wildman–Crippen MR) is 149 cm³/mol. The summed E-state index contributed by atoms with van der Waals surface area (Å²) in [7, 11) is 0. The Kier molecular flexibility index (Phi) is 9.20. The number of hydrogen-bond acceptors (Lipinski definition) is 3. The molecule has 218 valence electrons. The van der Waals surface area contributed by atoms with Crippen LogP contribution >= 0.6 is 0 Å². The van der Waals surface area contributed by atoms with Gasteiger partial charge in [-0.1, -0.05) is 68.5 Å². The van der Waals surface area contributed by atoms with Gasteiger partial charge in [0.15, 0.2) is 0 Å². The molecule has 0 radical (unpaired) electrons. The summed E-state index contributed by atoms with van der Waals surface area (Å²) in [5.74, 6) is -0.853. The van der Waals surface area contributed by atoms with E-state index in [1.165, 1.54) is 34.1 Å². The van der Waals surface area contributed by atoms with E-state index in [1.807, 2.05) is 44.2 Å². The molecule has 2 atom stereocenters. The van der Waals surface area contributed by atoms with Crippen molar-refractivity contribution in [2.75, 3.05) is 19.6 Å². The Morgan fingerprint density at radius 1 is 1.12 bits per heavy atom. The van der Waals surface area contributed by atoms with Crippen molar-refractivity contribution in [1.29, 1.82) is 0 Å². The monoisotopic (exact) mass is 568 g/mol. The van der Waals surface area contributed by atoms with Crippen molar-refractivity contribution in [3.05, 3.63) is 95.2 Å². The molecule has 2 N–H and O–H groups in total. The van der Waals surface area contributed by atoms with Gasteiger partial charge in [0.05, 0.1) is 29.4 Å². The van der Waals surface area contributed by atoms with Crippen LogP contribution in [0.25, 0.3) is 0 Å². The van der Waals surface area contributed by atoms with E-state index >= 15 is 0 Å². The molecule has 0 saturated heterocycles. The highest BCUT2D eigenvalue weighted by atomic mass is 19.4. The zero-order valence-corrected chi connectivity index (χ0v) is 23.2. The lowest BCUT2D eigenvalue weighted by atomic mass is 9.91. The third-order valence-corrected chi connectivity index (χ3v) is 7.30. The van der Waals surface area contributed by atoms with Crippen LogP contribution in [0, 0.1) is 5.92 Å². The first-order chi connectivity index (χ1) is 19.5. The van der Waals surface area contributed by atoms with E-state index in [1.54, 1.807) is 0 Å². The predicted octanol–water partition coefficient (Wildman–Crippen LogP) is 5.22. The van der Waals surface area contributed by atoms with Crippen molar-refractivity contribution >= 4 is 17.8 Å². The Labute approximate surface area is 238 Å². The van der Waals surface area contributed by atoms with Crippen LogP contribution < -0.4 is 10.6 Å². The van der Waals surface area contributed by atoms with Gasteiger partial charge < -0.3 is 15.5 Å². The molecule has 0 bridgehead atoms. The Morgan fingerprint density at radius 2 is 1.80 bits per heavy atom. The number of carbonyl (C=O) groups is 3. The van der Waals surface area contributed by atoms with Gasteiger partial charge in [-0.25, -0.2) is 4.79 Å². The lowest BCUT2D eigenvalue weighted by Crippen LogP contribution is -2.49. The highest BCUT2D eigenvalue weighted by molar-refractivity contribution is 6.03. The van der Waals surface area contributed by atoms with Crippen LogP contribution in [0.5, 0.6) is 0 Å². The molecule has 2 aromatic carbocycles. The first-order valence-corrected chi connectivity index (χ1v) is 13.7. The van der Waals surface area contributed by atoms with E-state index in [-0.39, 0.29) is 41.7 Å². The summed E-state index contributed by atoms with van der Waals surface area (Å²) in [6, 6.07) is 12.0. The second-order valence-corrected chi connectivity index (χ2v) is 10.7. The largest absolute Gasteiger partial charge is 0.416 e. The fraction of sp³-hybridized carbons (Fsp3) is 0.387. The van der Waals surface area contributed by atoms with Gasteiger partial charge in [0.2, 0.25) is 5.91 Å². The van der Waals surface area contributed by atoms with E-state index in [4.69, 9.17) is 0 Å². The molecular weight excluding hydrogens is 533 g/mol. The average Bonchev–Trinajstić information content (AvgIpc) is 3.27. The maximum Gasteiger partial charge on any atom is 0.416 e. The van der Waals surface area contributed by atoms with E-state index in [2.05, 4.69) is 17.2 Å². The van der Waals surface area contributed by atoms with Crippen LogP contribution in [0.2, 0.25) is 0 Å². The fourth-order valence-corrected chi connectivity index (χ4v) is 5.42. The van der Waals surface area contributed by atoms with Crippen molar-refractivity contribution in [3.63, 3.8) is 0 Å². The van der Waals surface area contributed by atoms with Crippen LogP contribution in [0.3, 0.4) is 0 Å². The van der Waals surface area contributed by atoms with Gasteiger partial charge in [-0.2, -0.15) is 13.2 Å². The van der Waals surface area contributed by atoms with Gasteiger partial charge >= 0.3 is 12.2 Å². The number of rotatable bonds is 11. The van der Waals surface area contributed by atoms with Crippen molar-refractivity contribution in [1.82, 2.24) is 20.4 Å². The Bertz CT molecular complexity index is 1320. The normalized spacial score (nSPS) is 18.0. The number of halogens is 3. The number of benzene rings is 2. The molecule has 41 heavy (non-hydrogen) atoms. The number of carbonyl (C=O) groups excluding carboxylic acids is 3. The molecule has 0 spiro atoms. The van der Waals surface area contributed by atoms with Crippen LogP contribution in [0.15, 0.2) is 78.5 Å². The number of aryl methyl sites for hydroxylation is 1. The SMILES string of the molecule is C=CCN1C(=O)N[C@H](c2ccccc2C(F)(F)F)C2=C1CN([C@@H](CC(C)C)C(=O)NCCCc1ccccc1)C2=O. The lowest BCUT2D eigenvalue weighted by molar-refractivity contribution is -0.139. The van der Waals surface area contributed by atoms with Crippen molar-refractivity contribution < 1.29 is 27.6 Å². The second kappa shape index (κ2) is 12.6. The number of nitrogens with one attached hydrogen (secondary N) is 2. The summed E-state index contributed by atoms with van der Waals surface area (Å²) in [6.07, 6.45) is -1.38. The summed E-state index contributed by atoms with van der Waals surface area (Å²) < 4.78 is 41.8. The first kappa shape index (κ1) is 29.9. The minimum atomic E-state index is -4.69. The number of amides is 4. The van der Waals surface area contributed by atoms with Crippen molar-refractivity contribution in [2.24, 2.45) is 5.92 Å². The summed E-state index contributed by atoms with van der Waals surface area (Å²) >= 11 is 0. The van der Waals surface area contributed by atoms with E-state index in [0.29, 0.717) is 19.4 Å². The topological polar surface area (TPSA) is 81.8 Å². The highest BCUT2D eigenvalue weighted by Crippen LogP contribution is 2.42. The van der Waals surface area contributed by atoms with Gasteiger partial charge in [0.25, 0.3) is 5.91 Å². The summed E-state index contributed by atoms with van der Waals surface area (Å²) in [4.78, 5) is 43.2. The molecule has 4 amide bonds. The van der Waals surface area contributed by atoms with Gasteiger partial charge in [-0.05, 0) is 42.4 Å². The zero-order chi connectivity index (χ0) is 29.7. The molecule has 0 aliphatic carbocycles. The van der Waals surface area contributed by atoms with E-state index in [9.17, 15) is 27.6 Å². The third-order valence-electron chi connectivity index (χ3n) is 7.30. The van der Waals surface area contributed by atoms with Gasteiger partial charge in [0, 0.05) is 13.1 Å². The van der Waals surface area contributed by atoms with Crippen LogP contribution in [-0.4, -0.2) is 53.3 Å². The van der Waals surface area contributed by atoms with Crippen LogP contribution in [0.4, 0.5) is 18.0 Å². The molecule has 7 nitrogen and oxygen atoms in total. The summed E-state index contributed by atoms with van der Waals surface area (Å²) in [6.45, 7) is 7.92. The summed E-state index contributed by atoms with van der Waals surface area (Å²) in [5.41, 5.74) is 0.312. The van der Waals surface area contributed by atoms with Gasteiger partial charge in [-0.3, -0.25) is 14.5 Å². The quantitative estimate of drug-likeness (QED) is 0.288. The molecule has 0 aromatic heterocycles. The number of nitrogens with zero attached hydrogens (tertiary/aromatic N) is 2. The molecule has 4 rings (SSSR count). The second-order valence-electron chi connectivity index (χ2n) is 10.7. The number of urea groups is 1. The van der Waals surface area contributed by atoms with E-state index < -0.39 is 35.8 Å². The molecule has 0 fully saturated rings. The minimum Gasteiger partial charge on any atom is -0.354 e. The minimum absolute atomic E-state index is 0.0359. The lowest BCUT2D eigenvalue weighted by Gasteiger charge is -2.33. The maximum atomic E-state index is 14.0. The molecular formula is C31H35F3N4O3. The average molecular weight is 569 g/mol. The van der Waals surface area contributed by atoms with E-state index in [0.717, 1.165) is 18.1 Å². The third kappa shape index (κ3) is 6.64. The standard InChI is InChI=1S/C31H35F3N4O3/c1-4-17-37-25-19-38(24(18-20(2)3)28(39)35-16-10-13-21-11-6-5-7-12-21)29(40)26(25)27(36-30(37)41)22-14-8-9-15-23(22)31(32,33)34/h4-9,11-12,14-15,20,24,27H,1,10,13,16-19H2,2-3H3,(H,35,39)(H,36,41)/t24-,27+/m0/s1. The van der Waals surface area contributed by atoms with Crippen molar-refractivity contribution in [3.8, 4) is 0 Å². The molecule has 2 aliphatic rings. The first-order valence-electron chi connectivity index (χ1n) is 13.7. The number of alkyl halides is 3. The highest BCUT2D eigenvalue weighted by Gasteiger charge is 2.48. The van der Waals surface area contributed by atoms with Gasteiger partial charge in [-0.15, -0.1) is 6.58 Å². The van der Waals surface area contributed by atoms with Crippen LogP contribution in [-0.2, 0) is 22.2 Å². The number of hydrogen-bond donors (Lipinski definition) is 2. The Hall–Kier alpha value is -4.08. The van der Waals surface area contributed by atoms with Gasteiger partial charge in [0.1, 0.15) is 6.04 Å². The van der Waals surface area contributed by atoms with Crippen molar-refractivity contribution in [2.45, 2.75) is 51.4 Å².